The molecular weight excluding hydrogens is 196 g/mol. The van der Waals surface area contributed by atoms with E-state index in [4.69, 9.17) is 5.11 Å². The predicted molar refractivity (Wildman–Crippen MR) is 57.6 cm³/mol. The second-order valence-corrected chi connectivity index (χ2v) is 3.80. The minimum Gasteiger partial charge on any atom is -0.481 e. The summed E-state index contributed by atoms with van der Waals surface area (Å²) < 4.78 is 0. The highest BCUT2D eigenvalue weighted by atomic mass is 16.4. The monoisotopic (exact) mass is 216 g/mol. The molecule has 0 aliphatic carbocycles. The fraction of sp³-hybridized carbons (Fsp3) is 0.800. The van der Waals surface area contributed by atoms with Crippen LogP contribution in [0.5, 0.6) is 0 Å². The number of aliphatic carboxylic acids is 1. The Bertz CT molecular complexity index is 219. The number of nitrogens with one attached hydrogen (secondary N) is 2. The van der Waals surface area contributed by atoms with Gasteiger partial charge < -0.3 is 15.7 Å². The van der Waals surface area contributed by atoms with Crippen LogP contribution in [0, 0.1) is 5.92 Å². The van der Waals surface area contributed by atoms with E-state index in [1.165, 1.54) is 0 Å². The normalized spacial score (nSPS) is 14.3. The van der Waals surface area contributed by atoms with Crippen molar-refractivity contribution in [3.8, 4) is 0 Å². The molecule has 0 aromatic rings. The average molecular weight is 216 g/mol. The van der Waals surface area contributed by atoms with Crippen molar-refractivity contribution in [2.75, 3.05) is 13.6 Å². The van der Waals surface area contributed by atoms with Crippen LogP contribution in [0.2, 0.25) is 0 Å². The number of amides is 1. The molecule has 0 rings (SSSR count). The summed E-state index contributed by atoms with van der Waals surface area (Å²) in [5.41, 5.74) is 0. The summed E-state index contributed by atoms with van der Waals surface area (Å²) >= 11 is 0. The van der Waals surface area contributed by atoms with Crippen LogP contribution in [0.25, 0.3) is 0 Å². The summed E-state index contributed by atoms with van der Waals surface area (Å²) in [6.07, 6.45) is 0.551. The zero-order valence-corrected chi connectivity index (χ0v) is 9.54. The Kier molecular flexibility index (Phi) is 6.70. The smallest absolute Gasteiger partial charge is 0.303 e. The van der Waals surface area contributed by atoms with Crippen LogP contribution in [-0.4, -0.2) is 36.6 Å². The number of rotatable bonds is 7. The minimum atomic E-state index is -0.834. The van der Waals surface area contributed by atoms with E-state index in [-0.39, 0.29) is 24.3 Å². The largest absolute Gasteiger partial charge is 0.481 e. The van der Waals surface area contributed by atoms with E-state index in [9.17, 15) is 9.59 Å². The second-order valence-electron chi connectivity index (χ2n) is 3.80. The Morgan fingerprint density at radius 2 is 1.93 bits per heavy atom. The molecule has 0 fully saturated rings. The maximum Gasteiger partial charge on any atom is 0.303 e. The molecule has 0 heterocycles. The molecule has 0 aromatic carbocycles. The van der Waals surface area contributed by atoms with Crippen molar-refractivity contribution in [1.82, 2.24) is 10.6 Å². The average Bonchev–Trinajstić information content (AvgIpc) is 2.15. The molecule has 0 radical (unpaired) electrons. The maximum absolute atomic E-state index is 11.5. The van der Waals surface area contributed by atoms with E-state index in [0.29, 0.717) is 13.0 Å². The van der Waals surface area contributed by atoms with E-state index >= 15 is 0 Å². The fourth-order valence-corrected chi connectivity index (χ4v) is 1.20. The van der Waals surface area contributed by atoms with Crippen LogP contribution in [0.15, 0.2) is 0 Å². The lowest BCUT2D eigenvalue weighted by atomic mass is 10.1. The lowest BCUT2D eigenvalue weighted by molar-refractivity contribution is -0.137. The third-order valence-corrected chi connectivity index (χ3v) is 2.14. The first-order valence-corrected chi connectivity index (χ1v) is 5.14. The van der Waals surface area contributed by atoms with Crippen molar-refractivity contribution < 1.29 is 14.7 Å². The molecule has 5 heteroatoms. The maximum atomic E-state index is 11.5. The van der Waals surface area contributed by atoms with Crippen molar-refractivity contribution in [2.45, 2.75) is 32.7 Å². The first kappa shape index (κ1) is 13.9. The van der Waals surface area contributed by atoms with Crippen molar-refractivity contribution >= 4 is 11.9 Å². The lowest BCUT2D eigenvalue weighted by Crippen LogP contribution is -2.39. The van der Waals surface area contributed by atoms with Gasteiger partial charge in [0.05, 0.1) is 0 Å². The predicted octanol–water partition coefficient (Wildman–Crippen LogP) is 0.211. The minimum absolute atomic E-state index is 0.0396. The Morgan fingerprint density at radius 3 is 2.40 bits per heavy atom. The molecule has 0 spiro atoms. The molecule has 0 aliphatic heterocycles. The van der Waals surface area contributed by atoms with Crippen LogP contribution >= 0.6 is 0 Å². The first-order valence-electron chi connectivity index (χ1n) is 5.14. The van der Waals surface area contributed by atoms with Gasteiger partial charge in [-0.15, -0.1) is 0 Å². The summed E-state index contributed by atoms with van der Waals surface area (Å²) in [5, 5.41) is 14.2. The molecule has 0 aromatic heterocycles. The van der Waals surface area contributed by atoms with Gasteiger partial charge in [0.25, 0.3) is 0 Å². The third-order valence-electron chi connectivity index (χ3n) is 2.14. The molecule has 0 saturated heterocycles. The van der Waals surface area contributed by atoms with E-state index in [0.717, 1.165) is 0 Å². The molecule has 1 amide bonds. The molecule has 88 valence electrons. The summed E-state index contributed by atoms with van der Waals surface area (Å²) in [4.78, 5) is 21.8. The molecule has 5 nitrogen and oxygen atoms in total. The topological polar surface area (TPSA) is 78.4 Å². The van der Waals surface area contributed by atoms with Gasteiger partial charge >= 0.3 is 5.97 Å². The van der Waals surface area contributed by atoms with Gasteiger partial charge in [0, 0.05) is 24.9 Å². The van der Waals surface area contributed by atoms with E-state index in [1.54, 1.807) is 7.05 Å². The number of hydrogen-bond acceptors (Lipinski definition) is 3. The molecule has 2 unspecified atom stereocenters. The van der Waals surface area contributed by atoms with Crippen molar-refractivity contribution in [3.63, 3.8) is 0 Å². The standard InChI is InChI=1S/C10H20N2O3/c1-7(6-11-3)10(15)12-8(2)4-5-9(13)14/h7-8,11H,4-6H2,1-3H3,(H,12,15)(H,13,14). The molecule has 3 N–H and O–H groups in total. The van der Waals surface area contributed by atoms with Crippen LogP contribution in [0.4, 0.5) is 0 Å². The Balaban J connectivity index is 3.79. The van der Waals surface area contributed by atoms with Gasteiger partial charge in [-0.1, -0.05) is 6.92 Å². The lowest BCUT2D eigenvalue weighted by Gasteiger charge is -2.16. The zero-order chi connectivity index (χ0) is 11.8. The van der Waals surface area contributed by atoms with Gasteiger partial charge in [0.15, 0.2) is 0 Å². The highest BCUT2D eigenvalue weighted by Crippen LogP contribution is 1.99. The van der Waals surface area contributed by atoms with Crippen LogP contribution in [-0.2, 0) is 9.59 Å². The molecule has 0 aliphatic rings. The van der Waals surface area contributed by atoms with Gasteiger partial charge in [0.2, 0.25) is 5.91 Å². The first-order chi connectivity index (χ1) is 6.97. The number of carbonyl (C=O) groups excluding carboxylic acids is 1. The van der Waals surface area contributed by atoms with Crippen LogP contribution in [0.3, 0.4) is 0 Å². The molecule has 0 bridgehead atoms. The summed E-state index contributed by atoms with van der Waals surface area (Å²) in [7, 11) is 1.79. The highest BCUT2D eigenvalue weighted by Gasteiger charge is 2.14. The van der Waals surface area contributed by atoms with Gasteiger partial charge in [-0.3, -0.25) is 9.59 Å². The number of carbonyl (C=O) groups is 2. The molecular formula is C10H20N2O3. The van der Waals surface area contributed by atoms with E-state index < -0.39 is 5.97 Å². The van der Waals surface area contributed by atoms with Gasteiger partial charge in [-0.2, -0.15) is 0 Å². The molecule has 15 heavy (non-hydrogen) atoms. The highest BCUT2D eigenvalue weighted by molar-refractivity contribution is 5.78. The molecule has 2 atom stereocenters. The Hall–Kier alpha value is -1.10. The number of hydrogen-bond donors (Lipinski definition) is 3. The van der Waals surface area contributed by atoms with Crippen LogP contribution < -0.4 is 10.6 Å². The Morgan fingerprint density at radius 1 is 1.33 bits per heavy atom. The van der Waals surface area contributed by atoms with Gasteiger partial charge in [-0.05, 0) is 20.4 Å². The quantitative estimate of drug-likeness (QED) is 0.568. The second kappa shape index (κ2) is 7.23. The summed E-state index contributed by atoms with van der Waals surface area (Å²) in [6.45, 7) is 4.26. The molecule has 0 saturated carbocycles. The van der Waals surface area contributed by atoms with Gasteiger partial charge in [-0.25, -0.2) is 0 Å². The van der Waals surface area contributed by atoms with Gasteiger partial charge in [0.1, 0.15) is 0 Å². The van der Waals surface area contributed by atoms with E-state index in [1.807, 2.05) is 13.8 Å². The summed E-state index contributed by atoms with van der Waals surface area (Å²) in [6, 6.07) is -0.0899. The third kappa shape index (κ3) is 6.90. The number of carboxylic acid groups (broad SMARTS) is 1. The van der Waals surface area contributed by atoms with E-state index in [2.05, 4.69) is 10.6 Å². The zero-order valence-electron chi connectivity index (χ0n) is 9.54. The van der Waals surface area contributed by atoms with Crippen molar-refractivity contribution in [1.29, 1.82) is 0 Å². The van der Waals surface area contributed by atoms with Crippen LogP contribution in [0.1, 0.15) is 26.7 Å². The SMILES string of the molecule is CNCC(C)C(=O)NC(C)CCC(=O)O. The summed E-state index contributed by atoms with van der Waals surface area (Å²) in [5.74, 6) is -0.969. The van der Waals surface area contributed by atoms with Crippen molar-refractivity contribution in [2.24, 2.45) is 5.92 Å². The fourth-order valence-electron chi connectivity index (χ4n) is 1.20. The Labute approximate surface area is 90.2 Å². The van der Waals surface area contributed by atoms with Crippen molar-refractivity contribution in [3.05, 3.63) is 0 Å². The number of carboxylic acids is 1.